The molecule has 0 heterocycles. The van der Waals surface area contributed by atoms with E-state index < -0.39 is 0 Å². The van der Waals surface area contributed by atoms with Gasteiger partial charge in [0, 0.05) is 6.07 Å². The number of ether oxygens (including phenoxy) is 2. The Bertz CT molecular complexity index is 677. The molecule has 0 aliphatic rings. The Kier molecular flexibility index (Phi) is 4.88. The molecule has 0 spiro atoms. The van der Waals surface area contributed by atoms with E-state index in [4.69, 9.17) is 39.0 Å². The minimum atomic E-state index is 0.232. The molecule has 0 aliphatic heterocycles. The number of hydrogen-bond donors (Lipinski definition) is 2. The summed E-state index contributed by atoms with van der Waals surface area (Å²) >= 11 is 11.2. The van der Waals surface area contributed by atoms with Gasteiger partial charge in [-0.25, -0.2) is 0 Å². The van der Waals surface area contributed by atoms with Gasteiger partial charge in [-0.2, -0.15) is 0 Å². The Hall–Kier alpha value is -1.98. The van der Waals surface area contributed by atoms with Crippen LogP contribution in [0, 0.1) is 0 Å². The lowest BCUT2D eigenvalue weighted by molar-refractivity contribution is 0.395. The van der Waals surface area contributed by atoms with Gasteiger partial charge >= 0.3 is 0 Å². The third-order valence-corrected chi connectivity index (χ3v) is 3.46. The Morgan fingerprint density at radius 2 is 1.90 bits per heavy atom. The van der Waals surface area contributed by atoms with Crippen LogP contribution in [0.25, 0.3) is 0 Å². The van der Waals surface area contributed by atoms with Crippen molar-refractivity contribution in [1.29, 1.82) is 0 Å². The van der Waals surface area contributed by atoms with Crippen LogP contribution in [0.5, 0.6) is 11.5 Å². The molecule has 0 radical (unpaired) electrons. The largest absolute Gasteiger partial charge is 0.497 e. The van der Waals surface area contributed by atoms with Crippen molar-refractivity contribution in [2.45, 2.75) is 0 Å². The quantitative estimate of drug-likeness (QED) is 0.821. The van der Waals surface area contributed by atoms with E-state index in [-0.39, 0.29) is 4.99 Å². The number of nitrogens with one attached hydrogen (secondary N) is 1. The molecule has 0 amide bonds. The summed E-state index contributed by atoms with van der Waals surface area (Å²) in [4.78, 5) is 0.232. The van der Waals surface area contributed by atoms with E-state index in [0.29, 0.717) is 22.1 Å². The molecule has 0 aliphatic carbocycles. The van der Waals surface area contributed by atoms with Crippen LogP contribution in [0.1, 0.15) is 5.56 Å². The van der Waals surface area contributed by atoms with Crippen molar-refractivity contribution in [3.8, 4) is 11.5 Å². The molecule has 3 N–H and O–H groups in total. The maximum atomic E-state index is 6.15. The fraction of sp³-hybridized carbons (Fsp3) is 0.133. The van der Waals surface area contributed by atoms with E-state index in [2.05, 4.69) is 5.32 Å². The normalized spacial score (nSPS) is 10.0. The van der Waals surface area contributed by atoms with Gasteiger partial charge in [-0.3, -0.25) is 0 Å². The molecule has 0 atom stereocenters. The lowest BCUT2D eigenvalue weighted by Crippen LogP contribution is -2.12. The molecular weight excluding hydrogens is 308 g/mol. The van der Waals surface area contributed by atoms with E-state index >= 15 is 0 Å². The predicted octanol–water partition coefficient (Wildman–Crippen LogP) is 3.74. The molecule has 4 nitrogen and oxygen atoms in total. The summed E-state index contributed by atoms with van der Waals surface area (Å²) in [5.41, 5.74) is 7.83. The summed E-state index contributed by atoms with van der Waals surface area (Å²) in [6.45, 7) is 0. The van der Waals surface area contributed by atoms with E-state index in [9.17, 15) is 0 Å². The summed E-state index contributed by atoms with van der Waals surface area (Å²) < 4.78 is 10.5. The molecule has 2 aromatic carbocycles. The summed E-state index contributed by atoms with van der Waals surface area (Å²) in [7, 11) is 3.19. The molecule has 0 aromatic heterocycles. The Balaban J connectivity index is 2.43. The van der Waals surface area contributed by atoms with Gasteiger partial charge in [-0.1, -0.05) is 29.9 Å². The second-order valence-electron chi connectivity index (χ2n) is 4.22. The highest BCUT2D eigenvalue weighted by atomic mass is 35.5. The van der Waals surface area contributed by atoms with Crippen molar-refractivity contribution in [2.24, 2.45) is 5.73 Å². The van der Waals surface area contributed by atoms with Crippen LogP contribution in [0.3, 0.4) is 0 Å². The lowest BCUT2D eigenvalue weighted by atomic mass is 10.1. The molecule has 0 fully saturated rings. The summed E-state index contributed by atoms with van der Waals surface area (Å²) in [5.74, 6) is 1.35. The van der Waals surface area contributed by atoms with Gasteiger partial charge in [-0.15, -0.1) is 0 Å². The van der Waals surface area contributed by atoms with Crippen LogP contribution >= 0.6 is 23.8 Å². The smallest absolute Gasteiger partial charge is 0.145 e. The standard InChI is InChI=1S/C15H15ClN2O2S/c1-19-9-6-7-11(13(8-9)20-2)18-12-5-3-4-10(16)14(12)15(17)21/h3-8,18H,1-2H3,(H2,17,21). The highest BCUT2D eigenvalue weighted by molar-refractivity contribution is 7.80. The van der Waals surface area contributed by atoms with Crippen molar-refractivity contribution in [3.63, 3.8) is 0 Å². The first-order valence-electron chi connectivity index (χ1n) is 6.14. The van der Waals surface area contributed by atoms with Crippen LogP contribution in [-0.4, -0.2) is 19.2 Å². The van der Waals surface area contributed by atoms with Crippen LogP contribution < -0.4 is 20.5 Å². The minimum absolute atomic E-state index is 0.232. The number of methoxy groups -OCH3 is 2. The fourth-order valence-corrected chi connectivity index (χ4v) is 2.48. The van der Waals surface area contributed by atoms with E-state index in [1.165, 1.54) is 0 Å². The Morgan fingerprint density at radius 1 is 1.14 bits per heavy atom. The molecule has 2 aromatic rings. The highest BCUT2D eigenvalue weighted by Crippen LogP contribution is 2.34. The average Bonchev–Trinajstić information content (AvgIpc) is 2.47. The first-order valence-corrected chi connectivity index (χ1v) is 6.92. The SMILES string of the molecule is COc1ccc(Nc2cccc(Cl)c2C(N)=S)c(OC)c1. The highest BCUT2D eigenvalue weighted by Gasteiger charge is 2.12. The zero-order chi connectivity index (χ0) is 15.4. The number of benzene rings is 2. The molecule has 0 unspecified atom stereocenters. The first-order chi connectivity index (χ1) is 10.1. The zero-order valence-electron chi connectivity index (χ0n) is 11.6. The van der Waals surface area contributed by atoms with Gasteiger partial charge in [0.15, 0.2) is 0 Å². The zero-order valence-corrected chi connectivity index (χ0v) is 13.2. The van der Waals surface area contributed by atoms with Crippen molar-refractivity contribution in [3.05, 3.63) is 47.0 Å². The van der Waals surface area contributed by atoms with Gasteiger partial charge < -0.3 is 20.5 Å². The minimum Gasteiger partial charge on any atom is -0.497 e. The Morgan fingerprint density at radius 3 is 2.52 bits per heavy atom. The number of hydrogen-bond acceptors (Lipinski definition) is 4. The lowest BCUT2D eigenvalue weighted by Gasteiger charge is -2.15. The average molecular weight is 323 g/mol. The third-order valence-electron chi connectivity index (χ3n) is 2.94. The van der Waals surface area contributed by atoms with Gasteiger partial charge in [0.1, 0.15) is 16.5 Å². The monoisotopic (exact) mass is 322 g/mol. The molecule has 0 bridgehead atoms. The molecule has 21 heavy (non-hydrogen) atoms. The first kappa shape index (κ1) is 15.4. The molecule has 2 rings (SSSR count). The van der Waals surface area contributed by atoms with Crippen LogP contribution in [0.4, 0.5) is 11.4 Å². The number of nitrogens with two attached hydrogens (primary N) is 1. The topological polar surface area (TPSA) is 56.5 Å². The molecule has 0 saturated carbocycles. The van der Waals surface area contributed by atoms with Crippen molar-refractivity contribution < 1.29 is 9.47 Å². The van der Waals surface area contributed by atoms with E-state index in [0.717, 1.165) is 11.4 Å². The van der Waals surface area contributed by atoms with Crippen LogP contribution in [-0.2, 0) is 0 Å². The van der Waals surface area contributed by atoms with Gasteiger partial charge in [0.25, 0.3) is 0 Å². The maximum Gasteiger partial charge on any atom is 0.145 e. The molecule has 0 saturated heterocycles. The summed E-state index contributed by atoms with van der Waals surface area (Å²) in [6, 6.07) is 10.9. The fourth-order valence-electron chi connectivity index (χ4n) is 1.93. The van der Waals surface area contributed by atoms with E-state index in [1.54, 1.807) is 26.4 Å². The number of anilines is 2. The molecule has 6 heteroatoms. The maximum absolute atomic E-state index is 6.15. The summed E-state index contributed by atoms with van der Waals surface area (Å²) in [6.07, 6.45) is 0. The predicted molar refractivity (Wildman–Crippen MR) is 90.2 cm³/mol. The van der Waals surface area contributed by atoms with Crippen molar-refractivity contribution >= 4 is 40.2 Å². The van der Waals surface area contributed by atoms with Crippen molar-refractivity contribution in [1.82, 2.24) is 0 Å². The second-order valence-corrected chi connectivity index (χ2v) is 5.06. The van der Waals surface area contributed by atoms with Crippen LogP contribution in [0.2, 0.25) is 5.02 Å². The van der Waals surface area contributed by atoms with Gasteiger partial charge in [-0.05, 0) is 24.3 Å². The van der Waals surface area contributed by atoms with Crippen molar-refractivity contribution in [2.75, 3.05) is 19.5 Å². The second kappa shape index (κ2) is 6.65. The van der Waals surface area contributed by atoms with Gasteiger partial charge in [0.2, 0.25) is 0 Å². The summed E-state index contributed by atoms with van der Waals surface area (Å²) in [5, 5.41) is 3.73. The Labute approximate surface area is 133 Å². The third kappa shape index (κ3) is 3.37. The molecular formula is C15H15ClN2O2S. The number of thiocarbonyl (C=S) groups is 1. The number of rotatable bonds is 5. The van der Waals surface area contributed by atoms with Gasteiger partial charge in [0.05, 0.1) is 36.2 Å². The molecule has 110 valence electrons. The number of halogens is 1. The van der Waals surface area contributed by atoms with Crippen LogP contribution in [0.15, 0.2) is 36.4 Å². The van der Waals surface area contributed by atoms with E-state index in [1.807, 2.05) is 24.3 Å².